The molecule has 0 unspecified atom stereocenters. The predicted molar refractivity (Wildman–Crippen MR) is 117 cm³/mol. The van der Waals surface area contributed by atoms with Crippen molar-refractivity contribution in [1.29, 1.82) is 0 Å². The first-order valence-electron chi connectivity index (χ1n) is 9.66. The van der Waals surface area contributed by atoms with Crippen molar-refractivity contribution in [3.05, 3.63) is 101 Å². The molecule has 29 heavy (non-hydrogen) atoms. The van der Waals surface area contributed by atoms with E-state index in [-0.39, 0.29) is 5.43 Å². The Morgan fingerprint density at radius 1 is 0.931 bits per heavy atom. The molecule has 4 nitrogen and oxygen atoms in total. The molecule has 0 N–H and O–H groups in total. The van der Waals surface area contributed by atoms with Crippen molar-refractivity contribution < 1.29 is 4.74 Å². The normalized spacial score (nSPS) is 10.7. The first kappa shape index (κ1) is 18.7. The van der Waals surface area contributed by atoms with E-state index in [1.165, 1.54) is 0 Å². The minimum absolute atomic E-state index is 0.0164. The Kier molecular flexibility index (Phi) is 5.25. The van der Waals surface area contributed by atoms with Gasteiger partial charge in [-0.3, -0.25) is 4.79 Å². The van der Waals surface area contributed by atoms with Crippen LogP contribution in [0.2, 0.25) is 0 Å². The van der Waals surface area contributed by atoms with E-state index in [0.717, 1.165) is 28.2 Å². The summed E-state index contributed by atoms with van der Waals surface area (Å²) >= 11 is 0. The summed E-state index contributed by atoms with van der Waals surface area (Å²) in [6.45, 7) is 4.30. The van der Waals surface area contributed by atoms with Crippen molar-refractivity contribution in [2.75, 3.05) is 6.61 Å². The molecule has 2 aromatic heterocycles. The molecular formula is C25H22N2O2. The zero-order valence-electron chi connectivity index (χ0n) is 16.5. The first-order valence-corrected chi connectivity index (χ1v) is 9.66. The van der Waals surface area contributed by atoms with Gasteiger partial charge in [0.15, 0.2) is 5.43 Å². The molecule has 0 radical (unpaired) electrons. The summed E-state index contributed by atoms with van der Waals surface area (Å²) in [5, 5.41) is 0. The van der Waals surface area contributed by atoms with E-state index in [0.29, 0.717) is 18.1 Å². The lowest BCUT2D eigenvalue weighted by Crippen LogP contribution is -2.16. The molecule has 0 aliphatic heterocycles. The van der Waals surface area contributed by atoms with Crippen molar-refractivity contribution in [3.8, 4) is 34.1 Å². The van der Waals surface area contributed by atoms with Gasteiger partial charge in [0.25, 0.3) is 0 Å². The fourth-order valence-corrected chi connectivity index (χ4v) is 3.52. The Morgan fingerprint density at radius 3 is 2.31 bits per heavy atom. The van der Waals surface area contributed by atoms with Gasteiger partial charge in [0.05, 0.1) is 23.6 Å². The number of benzene rings is 2. The number of pyridine rings is 2. The third-order valence-corrected chi connectivity index (χ3v) is 4.85. The molecule has 4 heteroatoms. The number of ether oxygens (including phenoxy) is 1. The van der Waals surface area contributed by atoms with E-state index < -0.39 is 0 Å². The molecule has 0 aliphatic carbocycles. The summed E-state index contributed by atoms with van der Waals surface area (Å²) in [7, 11) is 0. The molecule has 4 aromatic rings. The standard InChI is InChI=1S/C25H22N2O2/c1-3-29-25-21(15-10-16-26-25)22-17-23(28)18(2)24(19-11-6-4-7-12-19)27(22)20-13-8-5-9-14-20/h4-17H,3H2,1-2H3. The lowest BCUT2D eigenvalue weighted by molar-refractivity contribution is 0.328. The van der Waals surface area contributed by atoms with Gasteiger partial charge >= 0.3 is 0 Å². The molecule has 0 amide bonds. The average Bonchev–Trinajstić information content (AvgIpc) is 2.77. The van der Waals surface area contributed by atoms with Gasteiger partial charge in [-0.15, -0.1) is 0 Å². The monoisotopic (exact) mass is 382 g/mol. The van der Waals surface area contributed by atoms with Gasteiger partial charge in [0, 0.05) is 23.5 Å². The highest BCUT2D eigenvalue weighted by Crippen LogP contribution is 2.34. The molecule has 0 atom stereocenters. The second-order valence-corrected chi connectivity index (χ2v) is 6.69. The Bertz CT molecular complexity index is 1180. The molecule has 144 valence electrons. The van der Waals surface area contributed by atoms with Crippen molar-refractivity contribution in [2.45, 2.75) is 13.8 Å². The number of hydrogen-bond donors (Lipinski definition) is 0. The Balaban J connectivity index is 2.13. The van der Waals surface area contributed by atoms with Gasteiger partial charge in [-0.05, 0) is 43.7 Å². The third-order valence-electron chi connectivity index (χ3n) is 4.85. The smallest absolute Gasteiger partial charge is 0.222 e. The van der Waals surface area contributed by atoms with Gasteiger partial charge in [-0.25, -0.2) is 4.98 Å². The van der Waals surface area contributed by atoms with Gasteiger partial charge in [-0.2, -0.15) is 0 Å². The zero-order chi connectivity index (χ0) is 20.2. The van der Waals surface area contributed by atoms with Crippen LogP contribution in [0.4, 0.5) is 0 Å². The second-order valence-electron chi connectivity index (χ2n) is 6.69. The van der Waals surface area contributed by atoms with Crippen molar-refractivity contribution in [3.63, 3.8) is 0 Å². The quantitative estimate of drug-likeness (QED) is 0.472. The van der Waals surface area contributed by atoms with Gasteiger partial charge in [0.2, 0.25) is 5.88 Å². The van der Waals surface area contributed by atoms with Crippen molar-refractivity contribution in [1.82, 2.24) is 9.55 Å². The van der Waals surface area contributed by atoms with Crippen LogP contribution in [0.5, 0.6) is 5.88 Å². The van der Waals surface area contributed by atoms with Crippen LogP contribution in [0.1, 0.15) is 12.5 Å². The van der Waals surface area contributed by atoms with Crippen molar-refractivity contribution in [2.24, 2.45) is 0 Å². The first-order chi connectivity index (χ1) is 14.2. The molecule has 0 aliphatic rings. The fraction of sp³-hybridized carbons (Fsp3) is 0.120. The SMILES string of the molecule is CCOc1ncccc1-c1cc(=O)c(C)c(-c2ccccc2)n1-c1ccccc1. The summed E-state index contributed by atoms with van der Waals surface area (Å²) in [5.41, 5.74) is 5.04. The van der Waals surface area contributed by atoms with Crippen LogP contribution in [0.25, 0.3) is 28.2 Å². The molecule has 0 saturated carbocycles. The Hall–Kier alpha value is -3.66. The number of aromatic nitrogens is 2. The van der Waals surface area contributed by atoms with E-state index >= 15 is 0 Å². The Labute approximate surface area is 170 Å². The van der Waals surface area contributed by atoms with E-state index in [2.05, 4.69) is 9.55 Å². The molecule has 4 rings (SSSR count). The maximum atomic E-state index is 13.0. The molecule has 0 spiro atoms. The van der Waals surface area contributed by atoms with E-state index in [4.69, 9.17) is 4.74 Å². The topological polar surface area (TPSA) is 44.1 Å². The average molecular weight is 382 g/mol. The number of rotatable bonds is 5. The second kappa shape index (κ2) is 8.15. The van der Waals surface area contributed by atoms with Gasteiger partial charge < -0.3 is 9.30 Å². The summed E-state index contributed by atoms with van der Waals surface area (Å²) in [6.07, 6.45) is 1.70. The summed E-state index contributed by atoms with van der Waals surface area (Å²) in [4.78, 5) is 17.4. The largest absolute Gasteiger partial charge is 0.477 e. The van der Waals surface area contributed by atoms with Crippen LogP contribution in [0, 0.1) is 6.92 Å². The minimum atomic E-state index is -0.0164. The summed E-state index contributed by atoms with van der Waals surface area (Å²) in [5.74, 6) is 0.516. The van der Waals surface area contributed by atoms with Gasteiger partial charge in [0.1, 0.15) is 0 Å². The fourth-order valence-electron chi connectivity index (χ4n) is 3.52. The predicted octanol–water partition coefficient (Wildman–Crippen LogP) is 5.27. The molecule has 2 heterocycles. The lowest BCUT2D eigenvalue weighted by Gasteiger charge is -2.22. The lowest BCUT2D eigenvalue weighted by atomic mass is 10.0. The summed E-state index contributed by atoms with van der Waals surface area (Å²) in [6, 6.07) is 25.5. The third kappa shape index (κ3) is 3.57. The van der Waals surface area contributed by atoms with Crippen LogP contribution in [-0.2, 0) is 0 Å². The Morgan fingerprint density at radius 2 is 1.62 bits per heavy atom. The maximum absolute atomic E-state index is 13.0. The molecular weight excluding hydrogens is 360 g/mol. The molecule has 0 saturated heterocycles. The maximum Gasteiger partial charge on any atom is 0.222 e. The molecule has 2 aromatic carbocycles. The van der Waals surface area contributed by atoms with E-state index in [1.54, 1.807) is 12.3 Å². The van der Waals surface area contributed by atoms with Gasteiger partial charge in [-0.1, -0.05) is 48.5 Å². The zero-order valence-corrected chi connectivity index (χ0v) is 16.5. The van der Waals surface area contributed by atoms with E-state index in [9.17, 15) is 4.79 Å². The summed E-state index contributed by atoms with van der Waals surface area (Å²) < 4.78 is 7.89. The van der Waals surface area contributed by atoms with Crippen LogP contribution >= 0.6 is 0 Å². The highest BCUT2D eigenvalue weighted by molar-refractivity contribution is 5.75. The van der Waals surface area contributed by atoms with E-state index in [1.807, 2.05) is 86.6 Å². The van der Waals surface area contributed by atoms with Crippen LogP contribution in [0.3, 0.4) is 0 Å². The molecule has 0 fully saturated rings. The van der Waals surface area contributed by atoms with Crippen LogP contribution < -0.4 is 10.2 Å². The number of hydrogen-bond acceptors (Lipinski definition) is 3. The highest BCUT2D eigenvalue weighted by atomic mass is 16.5. The minimum Gasteiger partial charge on any atom is -0.477 e. The van der Waals surface area contributed by atoms with Crippen LogP contribution in [-0.4, -0.2) is 16.2 Å². The number of para-hydroxylation sites is 1. The van der Waals surface area contributed by atoms with Crippen molar-refractivity contribution >= 4 is 0 Å². The molecule has 0 bridgehead atoms. The van der Waals surface area contributed by atoms with Crippen LogP contribution in [0.15, 0.2) is 89.9 Å². The number of nitrogens with zero attached hydrogens (tertiary/aromatic N) is 2. The highest BCUT2D eigenvalue weighted by Gasteiger charge is 2.19.